The van der Waals surface area contributed by atoms with Crippen LogP contribution in [0.4, 0.5) is 11.4 Å². The molecule has 4 rings (SSSR count). The second-order valence-electron chi connectivity index (χ2n) is 9.72. The number of aryl methyl sites for hydroxylation is 2. The quantitative estimate of drug-likeness (QED) is 0.344. The fourth-order valence-corrected chi connectivity index (χ4v) is 5.94. The van der Waals surface area contributed by atoms with Gasteiger partial charge in [-0.15, -0.1) is 0 Å². The van der Waals surface area contributed by atoms with Crippen molar-refractivity contribution in [2.75, 3.05) is 23.3 Å². The van der Waals surface area contributed by atoms with E-state index in [9.17, 15) is 18.0 Å². The van der Waals surface area contributed by atoms with Crippen molar-refractivity contribution in [2.24, 2.45) is 0 Å². The SMILES string of the molecule is Cc1ccc(C)c(S(=O)(=O)Nc2ccc(C(=O)OCC(=O)C=C3N(C)c4ccccc4C3(C)C)cc2)c1. The van der Waals surface area contributed by atoms with E-state index in [1.807, 2.05) is 49.2 Å². The lowest BCUT2D eigenvalue weighted by Crippen LogP contribution is -2.25. The number of likely N-dealkylation sites (N-methyl/N-ethyl adjacent to an activating group) is 1. The highest BCUT2D eigenvalue weighted by atomic mass is 32.2. The molecule has 0 aliphatic carbocycles. The molecular formula is C29H30N2O5S. The molecule has 0 aromatic heterocycles. The van der Waals surface area contributed by atoms with Gasteiger partial charge in [0.1, 0.15) is 0 Å². The summed E-state index contributed by atoms with van der Waals surface area (Å²) < 4.78 is 33.4. The molecule has 3 aromatic carbocycles. The fraction of sp³-hybridized carbons (Fsp3) is 0.241. The van der Waals surface area contributed by atoms with Gasteiger partial charge in [0.2, 0.25) is 0 Å². The van der Waals surface area contributed by atoms with Crippen LogP contribution in [0.5, 0.6) is 0 Å². The summed E-state index contributed by atoms with van der Waals surface area (Å²) in [6, 6.07) is 19.1. The Labute approximate surface area is 217 Å². The van der Waals surface area contributed by atoms with Crippen LogP contribution in [0, 0.1) is 13.8 Å². The standard InChI is InChI=1S/C29H30N2O5S/c1-19-10-11-20(2)26(16-19)37(34,35)30-22-14-12-21(13-15-22)28(33)36-18-23(32)17-27-29(3,4)24-8-6-7-9-25(24)31(27)5/h6-17,30H,18H2,1-5H3. The lowest BCUT2D eigenvalue weighted by atomic mass is 9.83. The molecule has 7 nitrogen and oxygen atoms in total. The molecule has 0 unspecified atom stereocenters. The number of carbonyl (C=O) groups excluding carboxylic acids is 2. The number of benzene rings is 3. The lowest BCUT2D eigenvalue weighted by Gasteiger charge is -2.23. The van der Waals surface area contributed by atoms with Crippen LogP contribution in [0.2, 0.25) is 0 Å². The van der Waals surface area contributed by atoms with Crippen molar-refractivity contribution in [3.8, 4) is 0 Å². The van der Waals surface area contributed by atoms with E-state index in [4.69, 9.17) is 4.74 Å². The molecule has 1 aliphatic heterocycles. The van der Waals surface area contributed by atoms with E-state index >= 15 is 0 Å². The number of hydrogen-bond acceptors (Lipinski definition) is 6. The van der Waals surface area contributed by atoms with E-state index in [1.54, 1.807) is 19.1 Å². The maximum atomic E-state index is 12.8. The number of hydrogen-bond donors (Lipinski definition) is 1. The Morgan fingerprint density at radius 2 is 1.68 bits per heavy atom. The molecular weight excluding hydrogens is 488 g/mol. The van der Waals surface area contributed by atoms with Crippen molar-refractivity contribution in [1.29, 1.82) is 0 Å². The highest BCUT2D eigenvalue weighted by molar-refractivity contribution is 7.92. The zero-order valence-electron chi connectivity index (χ0n) is 21.5. The van der Waals surface area contributed by atoms with Gasteiger partial charge in [0.15, 0.2) is 12.4 Å². The summed E-state index contributed by atoms with van der Waals surface area (Å²) in [7, 11) is -1.88. The number of sulfonamides is 1. The lowest BCUT2D eigenvalue weighted by molar-refractivity contribution is -0.117. The first-order valence-electron chi connectivity index (χ1n) is 11.9. The number of rotatable bonds is 7. The molecule has 8 heteroatoms. The Bertz CT molecular complexity index is 1510. The van der Waals surface area contributed by atoms with E-state index in [0.717, 1.165) is 22.5 Å². The van der Waals surface area contributed by atoms with Crippen molar-refractivity contribution >= 4 is 33.2 Å². The summed E-state index contributed by atoms with van der Waals surface area (Å²) in [5.41, 5.74) is 4.63. The molecule has 0 radical (unpaired) electrons. The Morgan fingerprint density at radius 3 is 2.35 bits per heavy atom. The zero-order valence-corrected chi connectivity index (χ0v) is 22.3. The summed E-state index contributed by atoms with van der Waals surface area (Å²) in [5.74, 6) is -0.994. The van der Waals surface area contributed by atoms with E-state index in [1.165, 1.54) is 30.3 Å². The summed E-state index contributed by atoms with van der Waals surface area (Å²) >= 11 is 0. The summed E-state index contributed by atoms with van der Waals surface area (Å²) in [6.07, 6.45) is 1.53. The van der Waals surface area contributed by atoms with E-state index in [2.05, 4.69) is 18.6 Å². The van der Waals surface area contributed by atoms with Crippen LogP contribution in [-0.2, 0) is 25.0 Å². The summed E-state index contributed by atoms with van der Waals surface area (Å²) in [4.78, 5) is 27.3. The number of fused-ring (bicyclic) bond motifs is 1. The van der Waals surface area contributed by atoms with Crippen LogP contribution in [0.25, 0.3) is 0 Å². The van der Waals surface area contributed by atoms with Crippen molar-refractivity contribution in [1.82, 2.24) is 0 Å². The molecule has 1 N–H and O–H groups in total. The molecule has 0 fully saturated rings. The van der Waals surface area contributed by atoms with Gasteiger partial charge in [-0.1, -0.05) is 44.2 Å². The Balaban J connectivity index is 1.39. The van der Waals surface area contributed by atoms with Crippen LogP contribution in [0.3, 0.4) is 0 Å². The highest BCUT2D eigenvalue weighted by Crippen LogP contribution is 2.46. The predicted octanol–water partition coefficient (Wildman–Crippen LogP) is 5.14. The normalized spacial score (nSPS) is 15.4. The van der Waals surface area contributed by atoms with Gasteiger partial charge in [-0.3, -0.25) is 9.52 Å². The first-order chi connectivity index (χ1) is 17.4. The third-order valence-electron chi connectivity index (χ3n) is 6.59. The first-order valence-corrected chi connectivity index (χ1v) is 13.3. The van der Waals surface area contributed by atoms with Crippen LogP contribution in [-0.4, -0.2) is 33.8 Å². The number of nitrogens with one attached hydrogen (secondary N) is 1. The van der Waals surface area contributed by atoms with Gasteiger partial charge in [0, 0.05) is 35.6 Å². The molecule has 0 saturated carbocycles. The van der Waals surface area contributed by atoms with Crippen LogP contribution >= 0.6 is 0 Å². The summed E-state index contributed by atoms with van der Waals surface area (Å²) in [6.45, 7) is 7.26. The number of esters is 1. The third kappa shape index (κ3) is 5.29. The number of para-hydroxylation sites is 1. The number of carbonyl (C=O) groups is 2. The molecule has 37 heavy (non-hydrogen) atoms. The first kappa shape index (κ1) is 26.2. The van der Waals surface area contributed by atoms with Gasteiger partial charge >= 0.3 is 5.97 Å². The number of ether oxygens (including phenoxy) is 1. The minimum Gasteiger partial charge on any atom is -0.454 e. The summed E-state index contributed by atoms with van der Waals surface area (Å²) in [5, 5.41) is 0. The van der Waals surface area contributed by atoms with E-state index in [0.29, 0.717) is 11.3 Å². The smallest absolute Gasteiger partial charge is 0.338 e. The van der Waals surface area contributed by atoms with Crippen LogP contribution in [0.15, 0.2) is 83.4 Å². The molecule has 1 heterocycles. The zero-order chi connectivity index (χ0) is 27.0. The molecule has 192 valence electrons. The van der Waals surface area contributed by atoms with E-state index < -0.39 is 22.6 Å². The average molecular weight is 519 g/mol. The maximum Gasteiger partial charge on any atom is 0.338 e. The largest absolute Gasteiger partial charge is 0.454 e. The Morgan fingerprint density at radius 1 is 1.00 bits per heavy atom. The van der Waals surface area contributed by atoms with Gasteiger partial charge in [-0.25, -0.2) is 13.2 Å². The topological polar surface area (TPSA) is 92.8 Å². The van der Waals surface area contributed by atoms with E-state index in [-0.39, 0.29) is 21.7 Å². The fourth-order valence-electron chi connectivity index (χ4n) is 4.55. The van der Waals surface area contributed by atoms with Crippen molar-refractivity contribution in [3.05, 3.63) is 101 Å². The number of allylic oxidation sites excluding steroid dienone is 1. The molecule has 0 saturated heterocycles. The van der Waals surface area contributed by atoms with Gasteiger partial charge in [0.05, 0.1) is 10.5 Å². The van der Waals surface area contributed by atoms with Gasteiger partial charge in [-0.2, -0.15) is 0 Å². The highest BCUT2D eigenvalue weighted by Gasteiger charge is 2.38. The predicted molar refractivity (Wildman–Crippen MR) is 144 cm³/mol. The van der Waals surface area contributed by atoms with Crippen molar-refractivity contribution in [2.45, 2.75) is 38.0 Å². The number of ketones is 1. The maximum absolute atomic E-state index is 12.8. The second kappa shape index (κ2) is 9.86. The number of anilines is 2. The average Bonchev–Trinajstić information content (AvgIpc) is 3.05. The Hall–Kier alpha value is -3.91. The third-order valence-corrected chi connectivity index (χ3v) is 8.11. The molecule has 0 spiro atoms. The van der Waals surface area contributed by atoms with Crippen molar-refractivity contribution < 1.29 is 22.7 Å². The van der Waals surface area contributed by atoms with Crippen LogP contribution in [0.1, 0.15) is 40.9 Å². The minimum atomic E-state index is -3.79. The van der Waals surface area contributed by atoms with Gasteiger partial charge in [0.25, 0.3) is 10.0 Å². The molecule has 3 aromatic rings. The van der Waals surface area contributed by atoms with Crippen LogP contribution < -0.4 is 9.62 Å². The molecule has 0 bridgehead atoms. The molecule has 1 aliphatic rings. The number of nitrogens with zero attached hydrogens (tertiary/aromatic N) is 1. The minimum absolute atomic E-state index is 0.197. The Kier molecular flexibility index (Phi) is 6.97. The monoisotopic (exact) mass is 518 g/mol. The van der Waals surface area contributed by atoms with Crippen molar-refractivity contribution in [3.63, 3.8) is 0 Å². The van der Waals surface area contributed by atoms with Gasteiger partial charge < -0.3 is 9.64 Å². The second-order valence-corrected chi connectivity index (χ2v) is 11.4. The molecule has 0 atom stereocenters. The van der Waals surface area contributed by atoms with Gasteiger partial charge in [-0.05, 0) is 66.9 Å². The molecule has 0 amide bonds.